The van der Waals surface area contributed by atoms with Crippen LogP contribution in [0.4, 0.5) is 0 Å². The zero-order valence-electron chi connectivity index (χ0n) is 9.45. The van der Waals surface area contributed by atoms with Crippen LogP contribution in [0.5, 0.6) is 0 Å². The van der Waals surface area contributed by atoms with Crippen molar-refractivity contribution in [3.8, 4) is 11.3 Å². The number of aromatic nitrogens is 3. The highest BCUT2D eigenvalue weighted by atomic mass is 16.4. The van der Waals surface area contributed by atoms with E-state index in [1.165, 1.54) is 6.20 Å². The summed E-state index contributed by atoms with van der Waals surface area (Å²) in [6.07, 6.45) is 1.37. The number of carboxylic acid groups (broad SMARTS) is 1. The van der Waals surface area contributed by atoms with Gasteiger partial charge in [-0.25, -0.2) is 19.6 Å². The second-order valence-corrected chi connectivity index (χ2v) is 3.80. The second kappa shape index (κ2) is 4.05. The van der Waals surface area contributed by atoms with E-state index >= 15 is 0 Å². The van der Waals surface area contributed by atoms with Crippen LogP contribution in [0.15, 0.2) is 39.7 Å². The average Bonchev–Trinajstić information content (AvgIpc) is 2.77. The molecule has 0 aliphatic heterocycles. The molecule has 0 bridgehead atoms. The Morgan fingerprint density at radius 3 is 2.95 bits per heavy atom. The number of fused-ring (bicyclic) bond motifs is 1. The van der Waals surface area contributed by atoms with Gasteiger partial charge in [0.2, 0.25) is 5.82 Å². The summed E-state index contributed by atoms with van der Waals surface area (Å²) in [5, 5.41) is 8.84. The van der Waals surface area contributed by atoms with E-state index in [1.807, 2.05) is 0 Å². The van der Waals surface area contributed by atoms with E-state index in [9.17, 15) is 9.59 Å². The van der Waals surface area contributed by atoms with Gasteiger partial charge in [0.05, 0.1) is 11.2 Å². The molecule has 2 aromatic heterocycles. The topological polar surface area (TPSA) is 109 Å². The van der Waals surface area contributed by atoms with Crippen molar-refractivity contribution in [3.63, 3.8) is 0 Å². The van der Waals surface area contributed by atoms with E-state index in [-0.39, 0.29) is 5.82 Å². The molecular formula is C12H7N3O4. The van der Waals surface area contributed by atoms with Crippen molar-refractivity contribution in [1.29, 1.82) is 0 Å². The molecular weight excluding hydrogens is 250 g/mol. The monoisotopic (exact) mass is 257 g/mol. The van der Waals surface area contributed by atoms with Gasteiger partial charge in [-0.3, -0.25) is 4.98 Å². The second-order valence-electron chi connectivity index (χ2n) is 3.80. The highest BCUT2D eigenvalue weighted by Crippen LogP contribution is 2.21. The van der Waals surface area contributed by atoms with Gasteiger partial charge in [-0.15, -0.1) is 0 Å². The van der Waals surface area contributed by atoms with Gasteiger partial charge in [0.15, 0.2) is 5.58 Å². The first-order valence-corrected chi connectivity index (χ1v) is 5.33. The molecule has 0 aliphatic carbocycles. The number of oxazole rings is 1. The standard InChI is InChI=1S/C12H7N3O4/c16-11(17)10-13-4-3-7(14-10)6-1-2-9-8(5-6)15-12(18)19-9/h1-5H,(H,15,18)(H,16,17). The number of H-pyrrole nitrogens is 1. The number of hydrogen-bond donors (Lipinski definition) is 2. The van der Waals surface area contributed by atoms with Gasteiger partial charge < -0.3 is 9.52 Å². The molecule has 0 fully saturated rings. The zero-order chi connectivity index (χ0) is 13.4. The number of rotatable bonds is 2. The summed E-state index contributed by atoms with van der Waals surface area (Å²) >= 11 is 0. The molecule has 0 saturated carbocycles. The Hall–Kier alpha value is -2.96. The fourth-order valence-electron chi connectivity index (χ4n) is 1.73. The maximum absolute atomic E-state index is 11.1. The number of aromatic amines is 1. The lowest BCUT2D eigenvalue weighted by atomic mass is 10.1. The predicted molar refractivity (Wildman–Crippen MR) is 64.8 cm³/mol. The fourth-order valence-corrected chi connectivity index (χ4v) is 1.73. The molecule has 3 rings (SSSR count). The number of carbonyl (C=O) groups is 1. The summed E-state index contributed by atoms with van der Waals surface area (Å²) < 4.78 is 4.88. The lowest BCUT2D eigenvalue weighted by Crippen LogP contribution is -2.04. The Labute approximate surface area is 105 Å². The number of aromatic carboxylic acids is 1. The molecule has 0 atom stereocenters. The third-order valence-corrected chi connectivity index (χ3v) is 2.56. The highest BCUT2D eigenvalue weighted by molar-refractivity contribution is 5.84. The van der Waals surface area contributed by atoms with E-state index in [0.717, 1.165) is 0 Å². The van der Waals surface area contributed by atoms with E-state index in [1.54, 1.807) is 24.3 Å². The molecule has 0 aliphatic rings. The first-order chi connectivity index (χ1) is 9.13. The van der Waals surface area contributed by atoms with Crippen LogP contribution < -0.4 is 5.76 Å². The van der Waals surface area contributed by atoms with Crippen LogP contribution in [-0.4, -0.2) is 26.0 Å². The van der Waals surface area contributed by atoms with Gasteiger partial charge in [-0.05, 0) is 24.3 Å². The Kier molecular flexibility index (Phi) is 2.38. The van der Waals surface area contributed by atoms with Gasteiger partial charge in [0.25, 0.3) is 0 Å². The third kappa shape index (κ3) is 1.97. The zero-order valence-corrected chi connectivity index (χ0v) is 9.45. The summed E-state index contributed by atoms with van der Waals surface area (Å²) in [5.74, 6) is -2.01. The van der Waals surface area contributed by atoms with Crippen molar-refractivity contribution < 1.29 is 14.3 Å². The Bertz CT molecular complexity index is 834. The number of nitrogens with zero attached hydrogens (tertiary/aromatic N) is 2. The quantitative estimate of drug-likeness (QED) is 0.715. The van der Waals surface area contributed by atoms with Gasteiger partial charge in [-0.2, -0.15) is 0 Å². The Morgan fingerprint density at radius 1 is 1.32 bits per heavy atom. The highest BCUT2D eigenvalue weighted by Gasteiger charge is 2.09. The van der Waals surface area contributed by atoms with Crippen LogP contribution in [0.25, 0.3) is 22.4 Å². The maximum Gasteiger partial charge on any atom is 0.417 e. The van der Waals surface area contributed by atoms with E-state index in [2.05, 4.69) is 15.0 Å². The van der Waals surface area contributed by atoms with Crippen molar-refractivity contribution in [2.24, 2.45) is 0 Å². The SMILES string of the molecule is O=C(O)c1nccc(-c2ccc3oc(=O)[nH]c3c2)n1. The molecule has 0 unspecified atom stereocenters. The molecule has 2 N–H and O–H groups in total. The van der Waals surface area contributed by atoms with E-state index < -0.39 is 11.7 Å². The summed E-state index contributed by atoms with van der Waals surface area (Å²) in [6.45, 7) is 0. The van der Waals surface area contributed by atoms with Crippen LogP contribution >= 0.6 is 0 Å². The van der Waals surface area contributed by atoms with Gasteiger partial charge in [-0.1, -0.05) is 0 Å². The van der Waals surface area contributed by atoms with Crippen molar-refractivity contribution in [3.05, 3.63) is 46.8 Å². The predicted octanol–water partition coefficient (Wildman–Crippen LogP) is 1.28. The number of nitrogens with one attached hydrogen (secondary N) is 1. The van der Waals surface area contributed by atoms with Crippen LogP contribution in [0.2, 0.25) is 0 Å². The van der Waals surface area contributed by atoms with Gasteiger partial charge in [0.1, 0.15) is 0 Å². The van der Waals surface area contributed by atoms with E-state index in [4.69, 9.17) is 9.52 Å². The molecule has 0 radical (unpaired) electrons. The number of hydrogen-bond acceptors (Lipinski definition) is 5. The molecule has 0 spiro atoms. The molecule has 94 valence electrons. The smallest absolute Gasteiger partial charge is 0.417 e. The first-order valence-electron chi connectivity index (χ1n) is 5.33. The minimum Gasteiger partial charge on any atom is -0.475 e. The molecule has 0 saturated heterocycles. The summed E-state index contributed by atoms with van der Waals surface area (Å²) in [4.78, 5) is 32.0. The van der Waals surface area contributed by atoms with Crippen molar-refractivity contribution in [2.45, 2.75) is 0 Å². The molecule has 1 aromatic carbocycles. The normalized spacial score (nSPS) is 10.7. The average molecular weight is 257 g/mol. The van der Waals surface area contributed by atoms with Crippen LogP contribution in [0.1, 0.15) is 10.6 Å². The van der Waals surface area contributed by atoms with Crippen LogP contribution in [0.3, 0.4) is 0 Å². The molecule has 7 nitrogen and oxygen atoms in total. The van der Waals surface area contributed by atoms with E-state index in [0.29, 0.717) is 22.4 Å². The third-order valence-electron chi connectivity index (χ3n) is 2.56. The maximum atomic E-state index is 11.1. The lowest BCUT2D eigenvalue weighted by Gasteiger charge is -2.01. The van der Waals surface area contributed by atoms with Crippen molar-refractivity contribution in [1.82, 2.24) is 15.0 Å². The Morgan fingerprint density at radius 2 is 2.16 bits per heavy atom. The van der Waals surface area contributed by atoms with Crippen molar-refractivity contribution in [2.75, 3.05) is 0 Å². The lowest BCUT2D eigenvalue weighted by molar-refractivity contribution is 0.0683. The molecule has 0 amide bonds. The molecule has 19 heavy (non-hydrogen) atoms. The van der Waals surface area contributed by atoms with Gasteiger partial charge >= 0.3 is 11.7 Å². The molecule has 2 heterocycles. The fraction of sp³-hybridized carbons (Fsp3) is 0. The number of carboxylic acids is 1. The summed E-state index contributed by atoms with van der Waals surface area (Å²) in [6, 6.07) is 6.55. The number of benzene rings is 1. The minimum absolute atomic E-state index is 0.279. The first kappa shape index (κ1) is 11.1. The molecule has 3 aromatic rings. The van der Waals surface area contributed by atoms with Crippen molar-refractivity contribution >= 4 is 17.1 Å². The summed E-state index contributed by atoms with van der Waals surface area (Å²) in [7, 11) is 0. The summed E-state index contributed by atoms with van der Waals surface area (Å²) in [5.41, 5.74) is 2.07. The minimum atomic E-state index is -1.19. The molecule has 7 heteroatoms. The van der Waals surface area contributed by atoms with Gasteiger partial charge in [0, 0.05) is 11.8 Å². The Balaban J connectivity index is 2.15. The largest absolute Gasteiger partial charge is 0.475 e. The van der Waals surface area contributed by atoms with Crippen LogP contribution in [0, 0.1) is 0 Å². The van der Waals surface area contributed by atoms with Crippen LogP contribution in [-0.2, 0) is 0 Å².